The van der Waals surface area contributed by atoms with E-state index >= 15 is 0 Å². The molecule has 3 aliphatic heterocycles. The third-order valence-corrected chi connectivity index (χ3v) is 9.74. The van der Waals surface area contributed by atoms with Gasteiger partial charge >= 0.3 is 0 Å². The molecular weight excluding hydrogens is 492 g/mol. The molecule has 0 bridgehead atoms. The average Bonchev–Trinajstić information content (AvgIpc) is 3.49. The Bertz CT molecular complexity index is 1270. The van der Waals surface area contributed by atoms with E-state index in [2.05, 4.69) is 17.9 Å². The predicted octanol–water partition coefficient (Wildman–Crippen LogP) is 2.82. The lowest BCUT2D eigenvalue weighted by atomic mass is 10.0. The number of unbranched alkanes of at least 4 members (excludes halogenated alkanes) is 1. The number of nitriles is 1. The lowest BCUT2D eigenvalue weighted by Gasteiger charge is -2.27. The molecule has 0 N–H and O–H groups in total. The maximum Gasteiger partial charge on any atom is 0.270 e. The monoisotopic (exact) mass is 520 g/mol. The van der Waals surface area contributed by atoms with Crippen LogP contribution in [0.25, 0.3) is 6.08 Å². The van der Waals surface area contributed by atoms with E-state index in [1.54, 1.807) is 17.6 Å². The van der Waals surface area contributed by atoms with Crippen LogP contribution in [0.1, 0.15) is 55.7 Å². The summed E-state index contributed by atoms with van der Waals surface area (Å²) in [7, 11) is -3.17. The number of rotatable bonds is 6. The molecule has 3 aliphatic rings. The van der Waals surface area contributed by atoms with Crippen LogP contribution >= 0.6 is 24.0 Å². The topological polar surface area (TPSA) is 103 Å². The molecule has 1 unspecified atom stereocenters. The van der Waals surface area contributed by atoms with Crippen molar-refractivity contribution in [3.8, 4) is 6.07 Å². The highest BCUT2D eigenvalue weighted by molar-refractivity contribution is 8.26. The Labute approximate surface area is 209 Å². The van der Waals surface area contributed by atoms with E-state index in [9.17, 15) is 23.3 Å². The van der Waals surface area contributed by atoms with Crippen molar-refractivity contribution in [2.24, 2.45) is 0 Å². The molecule has 0 aromatic carbocycles. The van der Waals surface area contributed by atoms with E-state index < -0.39 is 15.9 Å². The molecular formula is C23H28N4O4S3. The van der Waals surface area contributed by atoms with Gasteiger partial charge in [0, 0.05) is 25.2 Å². The summed E-state index contributed by atoms with van der Waals surface area (Å²) in [4.78, 5) is 30.6. The first-order valence-corrected chi connectivity index (χ1v) is 14.6. The Balaban J connectivity index is 1.83. The number of carbonyl (C=O) groups excluding carboxylic acids is 1. The van der Waals surface area contributed by atoms with E-state index in [1.807, 2.05) is 0 Å². The summed E-state index contributed by atoms with van der Waals surface area (Å²) in [6.07, 6.45) is 5.85. The van der Waals surface area contributed by atoms with Crippen molar-refractivity contribution in [2.75, 3.05) is 29.5 Å². The highest BCUT2D eigenvalue weighted by Crippen LogP contribution is 2.38. The molecule has 4 rings (SSSR count). The minimum Gasteiger partial charge on any atom is -0.357 e. The number of anilines is 1. The maximum atomic E-state index is 13.3. The fourth-order valence-electron chi connectivity index (χ4n) is 4.84. The number of pyridine rings is 1. The molecule has 3 fully saturated rings. The molecule has 0 aliphatic carbocycles. The maximum absolute atomic E-state index is 13.3. The zero-order chi connectivity index (χ0) is 24.6. The van der Waals surface area contributed by atoms with Crippen LogP contribution < -0.4 is 10.5 Å². The largest absolute Gasteiger partial charge is 0.357 e. The number of thiocarbonyl (C=S) groups is 1. The van der Waals surface area contributed by atoms with Gasteiger partial charge in [-0.2, -0.15) is 5.26 Å². The minimum absolute atomic E-state index is 0.0555. The molecule has 1 aromatic heterocycles. The van der Waals surface area contributed by atoms with Crippen LogP contribution in [0.3, 0.4) is 0 Å². The molecule has 3 saturated heterocycles. The Morgan fingerprint density at radius 3 is 2.56 bits per heavy atom. The van der Waals surface area contributed by atoms with Crippen LogP contribution in [-0.2, 0) is 21.2 Å². The molecule has 1 amide bonds. The van der Waals surface area contributed by atoms with Gasteiger partial charge in [-0.05, 0) is 44.2 Å². The van der Waals surface area contributed by atoms with Gasteiger partial charge in [-0.25, -0.2) is 8.42 Å². The molecule has 182 valence electrons. The lowest BCUT2D eigenvalue weighted by molar-refractivity contribution is -0.123. The van der Waals surface area contributed by atoms with Crippen molar-refractivity contribution >= 4 is 55.9 Å². The number of amides is 1. The van der Waals surface area contributed by atoms with Crippen molar-refractivity contribution in [1.82, 2.24) is 9.47 Å². The fourth-order valence-corrected chi connectivity index (χ4v) is 7.92. The normalized spacial score (nSPS) is 23.3. The highest BCUT2D eigenvalue weighted by atomic mass is 32.2. The van der Waals surface area contributed by atoms with Gasteiger partial charge in [-0.15, -0.1) is 0 Å². The highest BCUT2D eigenvalue weighted by Gasteiger charge is 2.42. The summed E-state index contributed by atoms with van der Waals surface area (Å²) in [5, 5.41) is 9.76. The first kappa shape index (κ1) is 24.9. The minimum atomic E-state index is -3.17. The van der Waals surface area contributed by atoms with Gasteiger partial charge < -0.3 is 4.90 Å². The predicted molar refractivity (Wildman–Crippen MR) is 139 cm³/mol. The van der Waals surface area contributed by atoms with E-state index in [0.717, 1.165) is 56.4 Å². The number of carbonyl (C=O) groups is 1. The Morgan fingerprint density at radius 1 is 1.26 bits per heavy atom. The Morgan fingerprint density at radius 2 is 1.97 bits per heavy atom. The van der Waals surface area contributed by atoms with Crippen molar-refractivity contribution in [1.29, 1.82) is 5.26 Å². The van der Waals surface area contributed by atoms with E-state index in [0.29, 0.717) is 33.3 Å². The standard InChI is InChI=1S/C23H28N4O4S3/c1-3-4-10-26-20(25-8-5-6-9-25)17(15(2)18(13-24)21(26)28)12-19-22(29)27(23(32)33-19)16-7-11-34(30,31)14-16/h12,16H,3-11,14H2,1-2H3/b19-12-. The van der Waals surface area contributed by atoms with Gasteiger partial charge in [0.15, 0.2) is 9.84 Å². The molecule has 1 atom stereocenters. The molecule has 0 saturated carbocycles. The summed E-state index contributed by atoms with van der Waals surface area (Å²) >= 11 is 6.61. The molecule has 4 heterocycles. The molecule has 0 radical (unpaired) electrons. The average molecular weight is 521 g/mol. The van der Waals surface area contributed by atoms with Crippen molar-refractivity contribution in [3.63, 3.8) is 0 Å². The van der Waals surface area contributed by atoms with Crippen molar-refractivity contribution in [3.05, 3.63) is 31.9 Å². The van der Waals surface area contributed by atoms with Gasteiger partial charge in [0.25, 0.3) is 11.5 Å². The molecule has 11 heteroatoms. The Kier molecular flexibility index (Phi) is 7.22. The molecule has 0 spiro atoms. The summed E-state index contributed by atoms with van der Waals surface area (Å²) in [6, 6.07) is 1.62. The summed E-state index contributed by atoms with van der Waals surface area (Å²) in [5.41, 5.74) is 1.03. The van der Waals surface area contributed by atoms with E-state index in [4.69, 9.17) is 12.2 Å². The summed E-state index contributed by atoms with van der Waals surface area (Å²) in [6.45, 7) is 5.91. The van der Waals surface area contributed by atoms with E-state index in [-0.39, 0.29) is 28.5 Å². The fraction of sp³-hybridized carbons (Fsp3) is 0.565. The van der Waals surface area contributed by atoms with Gasteiger partial charge in [0.1, 0.15) is 21.8 Å². The van der Waals surface area contributed by atoms with Crippen molar-refractivity contribution in [2.45, 2.75) is 58.5 Å². The zero-order valence-electron chi connectivity index (χ0n) is 19.4. The molecule has 34 heavy (non-hydrogen) atoms. The second kappa shape index (κ2) is 9.84. The van der Waals surface area contributed by atoms with Crippen LogP contribution in [0.5, 0.6) is 0 Å². The first-order valence-electron chi connectivity index (χ1n) is 11.6. The van der Waals surface area contributed by atoms with Crippen LogP contribution in [0.2, 0.25) is 0 Å². The quantitative estimate of drug-likeness (QED) is 0.417. The third kappa shape index (κ3) is 4.55. The zero-order valence-corrected chi connectivity index (χ0v) is 21.8. The molecule has 8 nitrogen and oxygen atoms in total. The van der Waals surface area contributed by atoms with Gasteiger partial charge in [0.2, 0.25) is 0 Å². The molecule has 1 aromatic rings. The summed E-state index contributed by atoms with van der Waals surface area (Å²) in [5.74, 6) is 0.417. The number of thioether (sulfide) groups is 1. The number of aromatic nitrogens is 1. The smallest absolute Gasteiger partial charge is 0.270 e. The second-order valence-electron chi connectivity index (χ2n) is 8.96. The van der Waals surface area contributed by atoms with Gasteiger partial charge in [-0.1, -0.05) is 37.3 Å². The summed E-state index contributed by atoms with van der Waals surface area (Å²) < 4.78 is 26.0. The van der Waals surface area contributed by atoms with Crippen LogP contribution in [-0.4, -0.2) is 58.7 Å². The SMILES string of the molecule is CCCCn1c(N2CCCC2)c(/C=C2\SC(=S)N(C3CCS(=O)(=O)C3)C2=O)c(C)c(C#N)c1=O. The van der Waals surface area contributed by atoms with Gasteiger partial charge in [0.05, 0.1) is 22.5 Å². The number of hydrogen-bond acceptors (Lipinski definition) is 8. The van der Waals surface area contributed by atoms with E-state index in [1.165, 1.54) is 4.90 Å². The second-order valence-corrected chi connectivity index (χ2v) is 12.9. The first-order chi connectivity index (χ1) is 16.2. The van der Waals surface area contributed by atoms with Gasteiger partial charge in [-0.3, -0.25) is 19.1 Å². The Hall–Kier alpha value is -2.16. The number of sulfone groups is 1. The van der Waals surface area contributed by atoms with Crippen molar-refractivity contribution < 1.29 is 13.2 Å². The lowest BCUT2D eigenvalue weighted by Crippen LogP contribution is -2.39. The van der Waals surface area contributed by atoms with Crippen LogP contribution in [0.4, 0.5) is 5.82 Å². The van der Waals surface area contributed by atoms with Crippen LogP contribution in [0.15, 0.2) is 9.70 Å². The number of nitrogens with zero attached hydrogens (tertiary/aromatic N) is 4. The van der Waals surface area contributed by atoms with Crippen LogP contribution in [0, 0.1) is 18.3 Å². The number of hydrogen-bond donors (Lipinski definition) is 0. The third-order valence-electron chi connectivity index (χ3n) is 6.66.